The second-order valence-electron chi connectivity index (χ2n) is 7.56. The van der Waals surface area contributed by atoms with Crippen LogP contribution in [0.1, 0.15) is 52.8 Å². The highest BCUT2D eigenvalue weighted by Crippen LogP contribution is 2.49. The Hall–Kier alpha value is -2.77. The van der Waals surface area contributed by atoms with E-state index < -0.39 is 17.6 Å². The van der Waals surface area contributed by atoms with E-state index in [4.69, 9.17) is 5.11 Å². The number of aromatic nitrogens is 2. The molecule has 1 saturated heterocycles. The van der Waals surface area contributed by atoms with Crippen molar-refractivity contribution >= 4 is 11.9 Å². The summed E-state index contributed by atoms with van der Waals surface area (Å²) in [5.74, 6) is -2.63. The predicted molar refractivity (Wildman–Crippen MR) is 96.0 cm³/mol. The summed E-state index contributed by atoms with van der Waals surface area (Å²) in [6.45, 7) is 2.85. The molecule has 28 heavy (non-hydrogen) atoms. The van der Waals surface area contributed by atoms with Crippen LogP contribution in [0, 0.1) is 24.5 Å². The number of carbonyl (C=O) groups is 2. The third kappa shape index (κ3) is 3.27. The molecule has 1 aliphatic carbocycles. The van der Waals surface area contributed by atoms with Crippen LogP contribution in [0.2, 0.25) is 0 Å². The molecule has 1 aromatic carbocycles. The van der Waals surface area contributed by atoms with Gasteiger partial charge in [0, 0.05) is 25.1 Å². The molecule has 8 heteroatoms. The molecule has 4 rings (SSSR count). The van der Waals surface area contributed by atoms with Crippen molar-refractivity contribution in [1.29, 1.82) is 0 Å². The molecule has 2 atom stereocenters. The Morgan fingerprint density at radius 3 is 2.54 bits per heavy atom. The van der Waals surface area contributed by atoms with Crippen molar-refractivity contribution in [3.8, 4) is 0 Å². The van der Waals surface area contributed by atoms with Gasteiger partial charge in [0.15, 0.2) is 0 Å². The van der Waals surface area contributed by atoms with Gasteiger partial charge in [0.25, 0.3) is 0 Å². The molecule has 148 valence electrons. The number of likely N-dealkylation sites (tertiary alicyclic amines) is 1. The number of hydrogen-bond donors (Lipinski definition) is 1. The molecule has 2 unspecified atom stereocenters. The van der Waals surface area contributed by atoms with E-state index in [-0.39, 0.29) is 29.3 Å². The molecule has 2 aromatic rings. The van der Waals surface area contributed by atoms with Gasteiger partial charge in [-0.05, 0) is 43.7 Å². The fraction of sp³-hybridized carbons (Fsp3) is 0.450. The molecule has 2 aliphatic rings. The zero-order valence-electron chi connectivity index (χ0n) is 15.4. The van der Waals surface area contributed by atoms with Gasteiger partial charge in [-0.1, -0.05) is 6.07 Å². The minimum atomic E-state index is -0.996. The lowest BCUT2D eigenvalue weighted by Crippen LogP contribution is -2.40. The number of halogens is 2. The van der Waals surface area contributed by atoms with Gasteiger partial charge in [0.1, 0.15) is 17.2 Å². The monoisotopic (exact) mass is 389 g/mol. The largest absolute Gasteiger partial charge is 0.478 e. The highest BCUT2D eigenvalue weighted by atomic mass is 19.1. The first-order valence-electron chi connectivity index (χ1n) is 9.38. The maximum atomic E-state index is 13.9. The molecular formula is C20H21F2N3O3. The van der Waals surface area contributed by atoms with E-state index in [0.29, 0.717) is 43.6 Å². The number of carbonyl (C=O) groups excluding carboxylic acids is 1. The lowest BCUT2D eigenvalue weighted by molar-refractivity contribution is -0.134. The molecule has 0 radical (unpaired) electrons. The van der Waals surface area contributed by atoms with E-state index in [9.17, 15) is 18.4 Å². The summed E-state index contributed by atoms with van der Waals surface area (Å²) in [4.78, 5) is 25.7. The highest BCUT2D eigenvalue weighted by Gasteiger charge is 2.47. The van der Waals surface area contributed by atoms with Crippen molar-refractivity contribution in [2.45, 2.75) is 38.1 Å². The minimum absolute atomic E-state index is 0.00980. The number of hydrogen-bond acceptors (Lipinski definition) is 3. The highest BCUT2D eigenvalue weighted by molar-refractivity contribution is 5.88. The van der Waals surface area contributed by atoms with Crippen LogP contribution < -0.4 is 0 Å². The third-order valence-corrected chi connectivity index (χ3v) is 5.87. The van der Waals surface area contributed by atoms with E-state index >= 15 is 0 Å². The quantitative estimate of drug-likeness (QED) is 0.872. The lowest BCUT2D eigenvalue weighted by atomic mass is 10.0. The number of carboxylic acid groups (broad SMARTS) is 1. The standard InChI is InChI=1S/C20H21F2N3O3/c1-11-17(20(27)28)10-23-25(11)13-4-6-24(7-5-13)19(26)16-9-15(16)14-3-2-12(21)8-18(14)22/h2-3,8,10,13,15-16H,4-7,9H2,1H3,(H,27,28). The van der Waals surface area contributed by atoms with Crippen molar-refractivity contribution in [2.24, 2.45) is 5.92 Å². The first-order valence-corrected chi connectivity index (χ1v) is 9.38. The van der Waals surface area contributed by atoms with Crippen LogP contribution in [0.5, 0.6) is 0 Å². The van der Waals surface area contributed by atoms with Crippen LogP contribution in [0.15, 0.2) is 24.4 Å². The first-order chi connectivity index (χ1) is 13.4. The Bertz CT molecular complexity index is 935. The van der Waals surface area contributed by atoms with E-state index in [0.717, 1.165) is 6.07 Å². The molecule has 2 fully saturated rings. The molecule has 2 heterocycles. The molecule has 1 N–H and O–H groups in total. The topological polar surface area (TPSA) is 75.4 Å². The summed E-state index contributed by atoms with van der Waals surface area (Å²) in [6, 6.07) is 3.57. The van der Waals surface area contributed by atoms with Gasteiger partial charge in [-0.15, -0.1) is 0 Å². The number of aromatic carboxylic acids is 1. The van der Waals surface area contributed by atoms with Crippen LogP contribution in [-0.4, -0.2) is 44.8 Å². The molecule has 1 amide bonds. The van der Waals surface area contributed by atoms with E-state index in [1.807, 2.05) is 0 Å². The molecule has 0 bridgehead atoms. The van der Waals surface area contributed by atoms with Crippen LogP contribution in [0.4, 0.5) is 8.78 Å². The zero-order valence-corrected chi connectivity index (χ0v) is 15.4. The summed E-state index contributed by atoms with van der Waals surface area (Å²) in [6.07, 6.45) is 3.33. The van der Waals surface area contributed by atoms with Gasteiger partial charge >= 0.3 is 5.97 Å². The lowest BCUT2D eigenvalue weighted by Gasteiger charge is -2.33. The molecule has 0 spiro atoms. The number of rotatable bonds is 4. The fourth-order valence-corrected chi connectivity index (χ4v) is 4.18. The van der Waals surface area contributed by atoms with Crippen LogP contribution in [0.25, 0.3) is 0 Å². The third-order valence-electron chi connectivity index (χ3n) is 5.87. The van der Waals surface area contributed by atoms with E-state index in [1.54, 1.807) is 16.5 Å². The number of nitrogens with zero attached hydrogens (tertiary/aromatic N) is 3. The summed E-state index contributed by atoms with van der Waals surface area (Å²) >= 11 is 0. The van der Waals surface area contributed by atoms with Gasteiger partial charge < -0.3 is 10.0 Å². The van der Waals surface area contributed by atoms with E-state index in [1.165, 1.54) is 18.3 Å². The molecule has 1 saturated carbocycles. The maximum absolute atomic E-state index is 13.9. The van der Waals surface area contributed by atoms with Crippen molar-refractivity contribution in [2.75, 3.05) is 13.1 Å². The van der Waals surface area contributed by atoms with Gasteiger partial charge in [-0.25, -0.2) is 13.6 Å². The first kappa shape index (κ1) is 18.6. The Morgan fingerprint density at radius 1 is 1.21 bits per heavy atom. The summed E-state index contributed by atoms with van der Waals surface area (Å²) in [5.41, 5.74) is 1.22. The second kappa shape index (κ2) is 7.00. The number of amides is 1. The van der Waals surface area contributed by atoms with Crippen molar-refractivity contribution in [3.05, 3.63) is 52.9 Å². The molecule has 1 aliphatic heterocycles. The normalized spacial score (nSPS) is 22.3. The number of carboxylic acids is 1. The van der Waals surface area contributed by atoms with Gasteiger partial charge in [0.05, 0.1) is 17.9 Å². The van der Waals surface area contributed by atoms with Crippen molar-refractivity contribution in [3.63, 3.8) is 0 Å². The average molecular weight is 389 g/mol. The minimum Gasteiger partial charge on any atom is -0.478 e. The number of piperidine rings is 1. The smallest absolute Gasteiger partial charge is 0.339 e. The van der Waals surface area contributed by atoms with Gasteiger partial charge in [0.2, 0.25) is 5.91 Å². The Labute approximate surface area is 160 Å². The number of benzene rings is 1. The predicted octanol–water partition coefficient (Wildman–Crippen LogP) is 3.14. The molecular weight excluding hydrogens is 368 g/mol. The Morgan fingerprint density at radius 2 is 1.93 bits per heavy atom. The maximum Gasteiger partial charge on any atom is 0.339 e. The molecule has 6 nitrogen and oxygen atoms in total. The average Bonchev–Trinajstić information content (AvgIpc) is 3.35. The second-order valence-corrected chi connectivity index (χ2v) is 7.56. The van der Waals surface area contributed by atoms with Crippen LogP contribution in [0.3, 0.4) is 0 Å². The van der Waals surface area contributed by atoms with Gasteiger partial charge in [-0.3, -0.25) is 9.48 Å². The fourth-order valence-electron chi connectivity index (χ4n) is 4.18. The van der Waals surface area contributed by atoms with Crippen molar-refractivity contribution in [1.82, 2.24) is 14.7 Å². The van der Waals surface area contributed by atoms with Gasteiger partial charge in [-0.2, -0.15) is 5.10 Å². The Balaban J connectivity index is 1.37. The van der Waals surface area contributed by atoms with Crippen LogP contribution in [-0.2, 0) is 4.79 Å². The summed E-state index contributed by atoms with van der Waals surface area (Å²) in [5, 5.41) is 13.4. The molecule has 1 aromatic heterocycles. The zero-order chi connectivity index (χ0) is 20.0. The van der Waals surface area contributed by atoms with Crippen molar-refractivity contribution < 1.29 is 23.5 Å². The SMILES string of the molecule is Cc1c(C(=O)O)cnn1C1CCN(C(=O)C2CC2c2ccc(F)cc2F)CC1. The summed E-state index contributed by atoms with van der Waals surface area (Å²) < 4.78 is 28.7. The summed E-state index contributed by atoms with van der Waals surface area (Å²) in [7, 11) is 0. The Kier molecular flexibility index (Phi) is 4.64. The van der Waals surface area contributed by atoms with E-state index in [2.05, 4.69) is 5.10 Å². The van der Waals surface area contributed by atoms with Crippen LogP contribution >= 0.6 is 0 Å².